The molecule has 0 radical (unpaired) electrons. The van der Waals surface area contributed by atoms with Crippen LogP contribution in [-0.4, -0.2) is 19.6 Å². The van der Waals surface area contributed by atoms with E-state index >= 15 is 0 Å². The quantitative estimate of drug-likeness (QED) is 0.907. The number of hydrogen-bond acceptors (Lipinski definition) is 2. The minimum absolute atomic E-state index is 0.110. The summed E-state index contributed by atoms with van der Waals surface area (Å²) in [7, 11) is 1.59. The molecule has 1 amide bonds. The van der Waals surface area contributed by atoms with Crippen LogP contribution in [0.4, 0.5) is 10.1 Å². The Hall–Kier alpha value is -0.940. The molecule has 1 aromatic rings. The van der Waals surface area contributed by atoms with Crippen LogP contribution in [0.1, 0.15) is 13.3 Å². The fourth-order valence-corrected chi connectivity index (χ4v) is 1.79. The Morgan fingerprint density at radius 1 is 1.59 bits per heavy atom. The first-order valence-corrected chi connectivity index (χ1v) is 6.06. The van der Waals surface area contributed by atoms with E-state index < -0.39 is 5.82 Å². The Labute approximate surface area is 108 Å². The van der Waals surface area contributed by atoms with Gasteiger partial charge in [0.1, 0.15) is 5.82 Å². The topological polar surface area (TPSA) is 38.3 Å². The molecule has 1 N–H and O–H groups in total. The van der Waals surface area contributed by atoms with Gasteiger partial charge in [-0.3, -0.25) is 4.79 Å². The van der Waals surface area contributed by atoms with E-state index in [1.54, 1.807) is 13.2 Å². The van der Waals surface area contributed by atoms with Crippen molar-refractivity contribution in [2.75, 3.05) is 19.0 Å². The fourth-order valence-electron chi connectivity index (χ4n) is 1.45. The predicted molar refractivity (Wildman–Crippen MR) is 68.4 cm³/mol. The van der Waals surface area contributed by atoms with Crippen molar-refractivity contribution in [2.45, 2.75) is 13.3 Å². The molecular formula is C12H15BrFNO2. The molecule has 5 heteroatoms. The predicted octanol–water partition coefficient (Wildman–Crippen LogP) is 3.20. The monoisotopic (exact) mass is 303 g/mol. The van der Waals surface area contributed by atoms with Crippen LogP contribution < -0.4 is 5.32 Å². The third-order valence-corrected chi connectivity index (χ3v) is 2.68. The summed E-state index contributed by atoms with van der Waals surface area (Å²) in [4.78, 5) is 11.6. The van der Waals surface area contributed by atoms with E-state index in [2.05, 4.69) is 21.2 Å². The van der Waals surface area contributed by atoms with Gasteiger partial charge in [-0.05, 0) is 24.1 Å². The Bertz CT molecular complexity index is 398. The molecule has 1 atom stereocenters. The molecule has 0 fully saturated rings. The van der Waals surface area contributed by atoms with Gasteiger partial charge in [0.25, 0.3) is 0 Å². The molecule has 0 aliphatic rings. The molecule has 1 aromatic carbocycles. The normalized spacial score (nSPS) is 12.2. The van der Waals surface area contributed by atoms with E-state index in [4.69, 9.17) is 4.74 Å². The summed E-state index contributed by atoms with van der Waals surface area (Å²) >= 11 is 3.15. The molecule has 0 aliphatic carbocycles. The largest absolute Gasteiger partial charge is 0.384 e. The first-order valence-electron chi connectivity index (χ1n) is 5.26. The number of carbonyl (C=O) groups excluding carboxylic acids is 1. The molecule has 1 rings (SSSR count). The summed E-state index contributed by atoms with van der Waals surface area (Å²) in [5.74, 6) is -0.554. The van der Waals surface area contributed by atoms with Crippen LogP contribution in [-0.2, 0) is 9.53 Å². The van der Waals surface area contributed by atoms with E-state index in [-0.39, 0.29) is 17.5 Å². The van der Waals surface area contributed by atoms with E-state index in [1.807, 2.05) is 6.92 Å². The van der Waals surface area contributed by atoms with Crippen molar-refractivity contribution < 1.29 is 13.9 Å². The lowest BCUT2D eigenvalue weighted by molar-refractivity contribution is -0.117. The number of amides is 1. The van der Waals surface area contributed by atoms with Crippen LogP contribution in [0.5, 0.6) is 0 Å². The SMILES string of the molecule is COCC(C)CC(=O)Nc1ccc(Br)cc1F. The lowest BCUT2D eigenvalue weighted by atomic mass is 10.1. The second kappa shape index (κ2) is 6.71. The van der Waals surface area contributed by atoms with Gasteiger partial charge in [0, 0.05) is 24.6 Å². The molecule has 1 unspecified atom stereocenters. The highest BCUT2D eigenvalue weighted by Crippen LogP contribution is 2.19. The summed E-state index contributed by atoms with van der Waals surface area (Å²) < 4.78 is 19.0. The van der Waals surface area contributed by atoms with Crippen molar-refractivity contribution in [3.8, 4) is 0 Å². The molecule has 0 aliphatic heterocycles. The number of benzene rings is 1. The van der Waals surface area contributed by atoms with Crippen LogP contribution in [0.3, 0.4) is 0 Å². The lowest BCUT2D eigenvalue weighted by Gasteiger charge is -2.11. The summed E-state index contributed by atoms with van der Waals surface area (Å²) in [5.41, 5.74) is 0.197. The van der Waals surface area contributed by atoms with E-state index in [9.17, 15) is 9.18 Å². The molecule has 0 saturated heterocycles. The maximum atomic E-state index is 13.4. The molecule has 0 aromatic heterocycles. The highest BCUT2D eigenvalue weighted by molar-refractivity contribution is 9.10. The lowest BCUT2D eigenvalue weighted by Crippen LogP contribution is -2.18. The third kappa shape index (κ3) is 4.83. The Balaban J connectivity index is 2.56. The standard InChI is InChI=1S/C12H15BrFNO2/c1-8(7-17-2)5-12(16)15-11-4-3-9(13)6-10(11)14/h3-4,6,8H,5,7H2,1-2H3,(H,15,16). The van der Waals surface area contributed by atoms with Crippen molar-refractivity contribution in [1.82, 2.24) is 0 Å². The van der Waals surface area contributed by atoms with Gasteiger partial charge in [-0.15, -0.1) is 0 Å². The van der Waals surface area contributed by atoms with Crippen molar-refractivity contribution in [1.29, 1.82) is 0 Å². The maximum absolute atomic E-state index is 13.4. The van der Waals surface area contributed by atoms with Gasteiger partial charge in [-0.25, -0.2) is 4.39 Å². The van der Waals surface area contributed by atoms with Crippen molar-refractivity contribution in [3.05, 3.63) is 28.5 Å². The third-order valence-electron chi connectivity index (χ3n) is 2.19. The Kier molecular flexibility index (Phi) is 5.58. The fraction of sp³-hybridized carbons (Fsp3) is 0.417. The van der Waals surface area contributed by atoms with Crippen LogP contribution in [0.25, 0.3) is 0 Å². The minimum Gasteiger partial charge on any atom is -0.384 e. The van der Waals surface area contributed by atoms with Gasteiger partial charge < -0.3 is 10.1 Å². The van der Waals surface area contributed by atoms with Crippen LogP contribution in [0.15, 0.2) is 22.7 Å². The molecular weight excluding hydrogens is 289 g/mol. The zero-order chi connectivity index (χ0) is 12.8. The number of anilines is 1. The van der Waals surface area contributed by atoms with Crippen molar-refractivity contribution >= 4 is 27.5 Å². The average Bonchev–Trinajstić information content (AvgIpc) is 2.22. The number of rotatable bonds is 5. The number of carbonyl (C=O) groups is 1. The Morgan fingerprint density at radius 2 is 2.29 bits per heavy atom. The number of hydrogen-bond donors (Lipinski definition) is 1. The molecule has 0 saturated carbocycles. The average molecular weight is 304 g/mol. The molecule has 0 spiro atoms. The minimum atomic E-state index is -0.452. The molecule has 0 heterocycles. The zero-order valence-electron chi connectivity index (χ0n) is 9.80. The second-order valence-corrected chi connectivity index (χ2v) is 4.85. The van der Waals surface area contributed by atoms with Gasteiger partial charge in [0.05, 0.1) is 5.69 Å². The van der Waals surface area contributed by atoms with Crippen molar-refractivity contribution in [2.24, 2.45) is 5.92 Å². The Morgan fingerprint density at radius 3 is 2.88 bits per heavy atom. The first-order chi connectivity index (χ1) is 8.02. The van der Waals surface area contributed by atoms with Crippen LogP contribution >= 0.6 is 15.9 Å². The molecule has 17 heavy (non-hydrogen) atoms. The zero-order valence-corrected chi connectivity index (χ0v) is 11.4. The van der Waals surface area contributed by atoms with Gasteiger partial charge in [-0.2, -0.15) is 0 Å². The number of nitrogens with one attached hydrogen (secondary N) is 1. The summed E-state index contributed by atoms with van der Waals surface area (Å²) in [6.45, 7) is 2.41. The van der Waals surface area contributed by atoms with Gasteiger partial charge >= 0.3 is 0 Å². The molecule has 94 valence electrons. The van der Waals surface area contributed by atoms with Crippen LogP contribution in [0.2, 0.25) is 0 Å². The summed E-state index contributed by atoms with van der Waals surface area (Å²) in [6, 6.07) is 4.52. The maximum Gasteiger partial charge on any atom is 0.224 e. The summed E-state index contributed by atoms with van der Waals surface area (Å²) in [6.07, 6.45) is 0.309. The van der Waals surface area contributed by atoms with E-state index in [1.165, 1.54) is 12.1 Å². The highest BCUT2D eigenvalue weighted by Gasteiger charge is 2.11. The van der Waals surface area contributed by atoms with Gasteiger partial charge in [0.2, 0.25) is 5.91 Å². The van der Waals surface area contributed by atoms with Gasteiger partial charge in [0.15, 0.2) is 0 Å². The highest BCUT2D eigenvalue weighted by atomic mass is 79.9. The van der Waals surface area contributed by atoms with E-state index in [0.717, 1.165) is 0 Å². The van der Waals surface area contributed by atoms with Crippen molar-refractivity contribution in [3.63, 3.8) is 0 Å². The smallest absolute Gasteiger partial charge is 0.224 e. The molecule has 0 bridgehead atoms. The van der Waals surface area contributed by atoms with Gasteiger partial charge in [-0.1, -0.05) is 22.9 Å². The van der Waals surface area contributed by atoms with Crippen LogP contribution in [0, 0.1) is 11.7 Å². The summed E-state index contributed by atoms with van der Waals surface area (Å²) in [5, 5.41) is 2.54. The number of methoxy groups -OCH3 is 1. The second-order valence-electron chi connectivity index (χ2n) is 3.94. The molecule has 3 nitrogen and oxygen atoms in total. The number of halogens is 2. The van der Waals surface area contributed by atoms with E-state index in [0.29, 0.717) is 17.5 Å². The number of ether oxygens (including phenoxy) is 1. The first kappa shape index (κ1) is 14.1.